The predicted octanol–water partition coefficient (Wildman–Crippen LogP) is 1.44. The highest BCUT2D eigenvalue weighted by atomic mass is 19.4. The number of hydrogen-bond donors (Lipinski definition) is 2. The fourth-order valence-corrected chi connectivity index (χ4v) is 1.47. The zero-order chi connectivity index (χ0) is 13.7. The van der Waals surface area contributed by atoms with Gasteiger partial charge < -0.3 is 15.5 Å². The van der Waals surface area contributed by atoms with Crippen LogP contribution >= 0.6 is 0 Å². The highest BCUT2D eigenvalue weighted by molar-refractivity contribution is 5.73. The molecule has 7 heteroatoms. The average Bonchev–Trinajstić information content (AvgIpc) is 2.08. The molecule has 0 aliphatic carbocycles. The van der Waals surface area contributed by atoms with Crippen LogP contribution in [0.4, 0.5) is 18.0 Å². The van der Waals surface area contributed by atoms with Crippen LogP contribution in [0, 0.1) is 5.41 Å². The number of amides is 2. The van der Waals surface area contributed by atoms with Gasteiger partial charge in [0.2, 0.25) is 0 Å². The standard InChI is InChI=1S/C10H20F3N3O/c1-9(2,7-16(3)4)5-14-8(17)15-6-10(11,12)13/h5-7H2,1-4H3,(H2,14,15,17). The van der Waals surface area contributed by atoms with E-state index in [2.05, 4.69) is 5.32 Å². The number of carbonyl (C=O) groups is 1. The van der Waals surface area contributed by atoms with Gasteiger partial charge in [0.1, 0.15) is 6.54 Å². The molecule has 0 spiro atoms. The maximum absolute atomic E-state index is 11.8. The Balaban J connectivity index is 3.91. The van der Waals surface area contributed by atoms with Crippen LogP contribution in [-0.2, 0) is 0 Å². The van der Waals surface area contributed by atoms with Gasteiger partial charge in [-0.25, -0.2) is 4.79 Å². The molecule has 0 aromatic rings. The maximum atomic E-state index is 11.8. The molecule has 0 aromatic heterocycles. The molecule has 0 fully saturated rings. The average molecular weight is 255 g/mol. The Hall–Kier alpha value is -0.980. The summed E-state index contributed by atoms with van der Waals surface area (Å²) in [7, 11) is 3.79. The van der Waals surface area contributed by atoms with Crippen molar-refractivity contribution in [3.63, 3.8) is 0 Å². The summed E-state index contributed by atoms with van der Waals surface area (Å²) in [5.74, 6) is 0. The number of hydrogen-bond acceptors (Lipinski definition) is 2. The van der Waals surface area contributed by atoms with Crippen molar-refractivity contribution in [1.82, 2.24) is 15.5 Å². The summed E-state index contributed by atoms with van der Waals surface area (Å²) in [6, 6.07) is -0.797. The molecule has 2 N–H and O–H groups in total. The summed E-state index contributed by atoms with van der Waals surface area (Å²) in [5.41, 5.74) is -0.195. The molecule has 102 valence electrons. The molecule has 0 heterocycles. The monoisotopic (exact) mass is 255 g/mol. The van der Waals surface area contributed by atoms with E-state index in [4.69, 9.17) is 0 Å². The van der Waals surface area contributed by atoms with Gasteiger partial charge in [-0.3, -0.25) is 0 Å². The summed E-state index contributed by atoms with van der Waals surface area (Å²) >= 11 is 0. The molecule has 0 atom stereocenters. The lowest BCUT2D eigenvalue weighted by Crippen LogP contribution is -2.46. The van der Waals surface area contributed by atoms with Crippen molar-refractivity contribution in [3.8, 4) is 0 Å². The van der Waals surface area contributed by atoms with Gasteiger partial charge in [-0.1, -0.05) is 13.8 Å². The second kappa shape index (κ2) is 6.09. The van der Waals surface area contributed by atoms with E-state index in [1.165, 1.54) is 0 Å². The third-order valence-corrected chi connectivity index (χ3v) is 1.92. The molecular weight excluding hydrogens is 235 g/mol. The molecule has 4 nitrogen and oxygen atoms in total. The minimum Gasteiger partial charge on any atom is -0.338 e. The molecule has 0 saturated heterocycles. The number of nitrogens with zero attached hydrogens (tertiary/aromatic N) is 1. The Morgan fingerprint density at radius 2 is 1.59 bits per heavy atom. The molecular formula is C10H20F3N3O. The van der Waals surface area contributed by atoms with E-state index in [0.717, 1.165) is 6.54 Å². The Bertz CT molecular complexity index is 252. The molecule has 2 amide bonds. The van der Waals surface area contributed by atoms with Crippen molar-refractivity contribution in [2.45, 2.75) is 20.0 Å². The minimum atomic E-state index is -4.38. The van der Waals surface area contributed by atoms with Crippen molar-refractivity contribution in [2.75, 3.05) is 33.7 Å². The van der Waals surface area contributed by atoms with Crippen LogP contribution in [0.15, 0.2) is 0 Å². The van der Waals surface area contributed by atoms with Gasteiger partial charge in [-0.15, -0.1) is 0 Å². The van der Waals surface area contributed by atoms with Gasteiger partial charge in [0, 0.05) is 13.1 Å². The smallest absolute Gasteiger partial charge is 0.338 e. The van der Waals surface area contributed by atoms with Crippen molar-refractivity contribution < 1.29 is 18.0 Å². The van der Waals surface area contributed by atoms with Crippen molar-refractivity contribution >= 4 is 6.03 Å². The molecule has 0 aromatic carbocycles. The number of halogens is 3. The first-order chi connectivity index (χ1) is 7.52. The van der Waals surface area contributed by atoms with Crippen molar-refractivity contribution in [2.24, 2.45) is 5.41 Å². The number of rotatable bonds is 5. The molecule has 17 heavy (non-hydrogen) atoms. The second-order valence-corrected chi connectivity index (χ2v) is 5.05. The SMILES string of the molecule is CN(C)CC(C)(C)CNC(=O)NCC(F)(F)F. The van der Waals surface area contributed by atoms with Gasteiger partial charge in [0.15, 0.2) is 0 Å². The van der Waals surface area contributed by atoms with Crippen LogP contribution < -0.4 is 10.6 Å². The lowest BCUT2D eigenvalue weighted by atomic mass is 9.93. The molecule has 0 saturated carbocycles. The first-order valence-electron chi connectivity index (χ1n) is 5.25. The van der Waals surface area contributed by atoms with E-state index in [1.807, 2.05) is 32.8 Å². The maximum Gasteiger partial charge on any atom is 0.405 e. The summed E-state index contributed by atoms with van der Waals surface area (Å²) < 4.78 is 35.4. The van der Waals surface area contributed by atoms with Crippen molar-refractivity contribution in [3.05, 3.63) is 0 Å². The van der Waals surface area contributed by atoms with Crippen LogP contribution in [-0.4, -0.2) is 50.8 Å². The number of alkyl halides is 3. The van der Waals surface area contributed by atoms with E-state index < -0.39 is 18.8 Å². The first kappa shape index (κ1) is 16.0. The van der Waals surface area contributed by atoms with Crippen LogP contribution in [0.1, 0.15) is 13.8 Å². The van der Waals surface area contributed by atoms with E-state index >= 15 is 0 Å². The van der Waals surface area contributed by atoms with Gasteiger partial charge in [-0.05, 0) is 19.5 Å². The summed E-state index contributed by atoms with van der Waals surface area (Å²) in [6.07, 6.45) is -4.38. The predicted molar refractivity (Wildman–Crippen MR) is 59.8 cm³/mol. The zero-order valence-corrected chi connectivity index (χ0v) is 10.6. The van der Waals surface area contributed by atoms with Gasteiger partial charge >= 0.3 is 12.2 Å². The zero-order valence-electron chi connectivity index (χ0n) is 10.6. The second-order valence-electron chi connectivity index (χ2n) is 5.05. The van der Waals surface area contributed by atoms with Gasteiger partial charge in [-0.2, -0.15) is 13.2 Å². The number of nitrogens with one attached hydrogen (secondary N) is 2. The Labute approximate surface area is 99.5 Å². The van der Waals surface area contributed by atoms with Crippen LogP contribution in [0.25, 0.3) is 0 Å². The Morgan fingerprint density at radius 1 is 1.12 bits per heavy atom. The molecule has 0 aliphatic heterocycles. The molecule has 0 radical (unpaired) electrons. The van der Waals surface area contributed by atoms with Gasteiger partial charge in [0.25, 0.3) is 0 Å². The lowest BCUT2D eigenvalue weighted by Gasteiger charge is -2.28. The van der Waals surface area contributed by atoms with Crippen LogP contribution in [0.5, 0.6) is 0 Å². The molecule has 0 unspecified atom stereocenters. The Kier molecular flexibility index (Phi) is 5.74. The summed E-state index contributed by atoms with van der Waals surface area (Å²) in [6.45, 7) is 3.59. The molecule has 0 rings (SSSR count). The third-order valence-electron chi connectivity index (χ3n) is 1.92. The van der Waals surface area contributed by atoms with E-state index in [9.17, 15) is 18.0 Å². The lowest BCUT2D eigenvalue weighted by molar-refractivity contribution is -0.122. The Morgan fingerprint density at radius 3 is 2.00 bits per heavy atom. The fourth-order valence-electron chi connectivity index (χ4n) is 1.47. The minimum absolute atomic E-state index is 0.195. The topological polar surface area (TPSA) is 44.4 Å². The normalized spacial score (nSPS) is 12.7. The highest BCUT2D eigenvalue weighted by Gasteiger charge is 2.28. The number of carbonyl (C=O) groups excluding carboxylic acids is 1. The summed E-state index contributed by atoms with van der Waals surface area (Å²) in [5, 5.41) is 4.18. The fraction of sp³-hybridized carbons (Fsp3) is 0.900. The van der Waals surface area contributed by atoms with E-state index in [1.54, 1.807) is 5.32 Å². The highest BCUT2D eigenvalue weighted by Crippen LogP contribution is 2.14. The van der Waals surface area contributed by atoms with E-state index in [-0.39, 0.29) is 5.41 Å². The summed E-state index contributed by atoms with van der Waals surface area (Å²) in [4.78, 5) is 13.0. The van der Waals surface area contributed by atoms with Crippen LogP contribution in [0.2, 0.25) is 0 Å². The quantitative estimate of drug-likeness (QED) is 0.780. The first-order valence-corrected chi connectivity index (χ1v) is 5.25. The molecule has 0 aliphatic rings. The van der Waals surface area contributed by atoms with Crippen molar-refractivity contribution in [1.29, 1.82) is 0 Å². The van der Waals surface area contributed by atoms with Gasteiger partial charge in [0.05, 0.1) is 0 Å². The third kappa shape index (κ3) is 9.92. The number of urea groups is 1. The van der Waals surface area contributed by atoms with E-state index in [0.29, 0.717) is 6.54 Å². The molecule has 0 bridgehead atoms. The van der Waals surface area contributed by atoms with Crippen LogP contribution in [0.3, 0.4) is 0 Å². The largest absolute Gasteiger partial charge is 0.405 e.